The second-order valence-corrected chi connectivity index (χ2v) is 4.68. The molecule has 0 aliphatic carbocycles. The first-order chi connectivity index (χ1) is 8.72. The van der Waals surface area contributed by atoms with E-state index in [-0.39, 0.29) is 0 Å². The number of halogens is 1. The van der Waals surface area contributed by atoms with Gasteiger partial charge in [0.05, 0.1) is 7.11 Å². The third-order valence-electron chi connectivity index (χ3n) is 3.36. The maximum absolute atomic E-state index is 13.5. The zero-order chi connectivity index (χ0) is 13.0. The second-order valence-electron chi connectivity index (χ2n) is 4.68. The van der Waals surface area contributed by atoms with Gasteiger partial charge >= 0.3 is 0 Å². The molecule has 1 aliphatic heterocycles. The summed E-state index contributed by atoms with van der Waals surface area (Å²) in [7, 11) is 1.61. The number of methoxy groups -OCH3 is 1. The van der Waals surface area contributed by atoms with Crippen LogP contribution in [0.15, 0.2) is 18.2 Å². The summed E-state index contributed by atoms with van der Waals surface area (Å²) in [4.78, 5) is 2.36. The number of ether oxygens (including phenoxy) is 1. The van der Waals surface area contributed by atoms with Crippen LogP contribution in [0.25, 0.3) is 0 Å². The summed E-state index contributed by atoms with van der Waals surface area (Å²) in [6, 6.07) is 5.73. The third kappa shape index (κ3) is 3.00. The minimum absolute atomic E-state index is 0.644. The molecular formula is C14H21FN2O. The number of para-hydroxylation sites is 1. The molecule has 1 atom stereocenters. The third-order valence-corrected chi connectivity index (χ3v) is 3.36. The summed E-state index contributed by atoms with van der Waals surface area (Å²) in [6.07, 6.45) is -0.997. The van der Waals surface area contributed by atoms with Crippen molar-refractivity contribution >= 4 is 0 Å². The largest absolute Gasteiger partial charge is 0.496 e. The lowest BCUT2D eigenvalue weighted by Gasteiger charge is -2.28. The van der Waals surface area contributed by atoms with E-state index in [0.29, 0.717) is 11.3 Å². The van der Waals surface area contributed by atoms with Gasteiger partial charge in [0.2, 0.25) is 0 Å². The van der Waals surface area contributed by atoms with Gasteiger partial charge in [-0.1, -0.05) is 18.2 Å². The summed E-state index contributed by atoms with van der Waals surface area (Å²) in [6.45, 7) is 6.46. The van der Waals surface area contributed by atoms with Crippen molar-refractivity contribution in [1.82, 2.24) is 10.2 Å². The van der Waals surface area contributed by atoms with Crippen LogP contribution in [0.4, 0.5) is 4.39 Å². The van der Waals surface area contributed by atoms with E-state index in [2.05, 4.69) is 10.2 Å². The van der Waals surface area contributed by atoms with Crippen molar-refractivity contribution in [2.75, 3.05) is 33.3 Å². The first-order valence-electron chi connectivity index (χ1n) is 6.45. The first kappa shape index (κ1) is 13.3. The smallest absolute Gasteiger partial charge is 0.129 e. The monoisotopic (exact) mass is 252 g/mol. The Balaban J connectivity index is 2.18. The van der Waals surface area contributed by atoms with Gasteiger partial charge in [-0.2, -0.15) is 0 Å². The van der Waals surface area contributed by atoms with Gasteiger partial charge in [0.1, 0.15) is 11.9 Å². The Hall–Kier alpha value is -1.13. The van der Waals surface area contributed by atoms with Crippen LogP contribution in [0.3, 0.4) is 0 Å². The fourth-order valence-electron chi connectivity index (χ4n) is 2.40. The standard InChI is InChI=1S/C14H21FN2O/c1-11(15)13-5-3-4-12(14(13)18-2)10-17-8-6-16-7-9-17/h3-5,11,16H,6-10H2,1-2H3. The quantitative estimate of drug-likeness (QED) is 0.888. The van der Waals surface area contributed by atoms with Crippen LogP contribution < -0.4 is 10.1 Å². The molecule has 1 N–H and O–H groups in total. The van der Waals surface area contributed by atoms with E-state index in [0.717, 1.165) is 38.3 Å². The molecule has 4 heteroatoms. The van der Waals surface area contributed by atoms with E-state index >= 15 is 0 Å². The van der Waals surface area contributed by atoms with E-state index in [1.165, 1.54) is 0 Å². The molecule has 0 bridgehead atoms. The topological polar surface area (TPSA) is 24.5 Å². The van der Waals surface area contributed by atoms with Crippen LogP contribution in [0.1, 0.15) is 24.2 Å². The predicted octanol–water partition coefficient (Wildman–Crippen LogP) is 2.13. The normalized spacial score (nSPS) is 18.6. The van der Waals surface area contributed by atoms with Crippen molar-refractivity contribution in [2.24, 2.45) is 0 Å². The van der Waals surface area contributed by atoms with Crippen LogP contribution in [-0.2, 0) is 6.54 Å². The fourth-order valence-corrected chi connectivity index (χ4v) is 2.40. The molecule has 18 heavy (non-hydrogen) atoms. The molecule has 0 amide bonds. The molecule has 1 saturated heterocycles. The van der Waals surface area contributed by atoms with Crippen molar-refractivity contribution in [1.29, 1.82) is 0 Å². The molecule has 1 heterocycles. The van der Waals surface area contributed by atoms with Gasteiger partial charge in [-0.25, -0.2) is 4.39 Å². The molecule has 100 valence electrons. The highest BCUT2D eigenvalue weighted by Crippen LogP contribution is 2.31. The van der Waals surface area contributed by atoms with Crippen LogP contribution in [0.2, 0.25) is 0 Å². The summed E-state index contributed by atoms with van der Waals surface area (Å²) in [5, 5.41) is 3.33. The number of piperazine rings is 1. The number of hydrogen-bond acceptors (Lipinski definition) is 3. The predicted molar refractivity (Wildman–Crippen MR) is 70.7 cm³/mol. The Kier molecular flexibility index (Phi) is 4.55. The molecule has 1 unspecified atom stereocenters. The maximum atomic E-state index is 13.5. The molecule has 1 aliphatic rings. The number of nitrogens with zero attached hydrogens (tertiary/aromatic N) is 1. The highest BCUT2D eigenvalue weighted by molar-refractivity contribution is 5.42. The number of benzene rings is 1. The molecule has 1 fully saturated rings. The number of alkyl halides is 1. The highest BCUT2D eigenvalue weighted by Gasteiger charge is 2.17. The van der Waals surface area contributed by atoms with Crippen molar-refractivity contribution in [2.45, 2.75) is 19.6 Å². The summed E-state index contributed by atoms with van der Waals surface area (Å²) < 4.78 is 18.9. The fraction of sp³-hybridized carbons (Fsp3) is 0.571. The highest BCUT2D eigenvalue weighted by atomic mass is 19.1. The minimum atomic E-state index is -0.997. The molecule has 2 rings (SSSR count). The van der Waals surface area contributed by atoms with Crippen LogP contribution in [-0.4, -0.2) is 38.2 Å². The van der Waals surface area contributed by atoms with Gasteiger partial charge in [0, 0.05) is 43.9 Å². The molecule has 0 aromatic heterocycles. The zero-order valence-electron chi connectivity index (χ0n) is 11.1. The number of hydrogen-bond donors (Lipinski definition) is 1. The van der Waals surface area contributed by atoms with Gasteiger partial charge in [-0.05, 0) is 6.92 Å². The second kappa shape index (κ2) is 6.16. The first-order valence-corrected chi connectivity index (χ1v) is 6.45. The zero-order valence-corrected chi connectivity index (χ0v) is 11.1. The van der Waals surface area contributed by atoms with Crippen molar-refractivity contribution in [3.8, 4) is 5.75 Å². The summed E-state index contributed by atoms with van der Waals surface area (Å²) in [5.41, 5.74) is 1.71. The Morgan fingerprint density at radius 3 is 2.72 bits per heavy atom. The Morgan fingerprint density at radius 2 is 2.11 bits per heavy atom. The molecule has 1 aromatic rings. The van der Waals surface area contributed by atoms with Gasteiger partial charge in [-0.15, -0.1) is 0 Å². The summed E-state index contributed by atoms with van der Waals surface area (Å²) >= 11 is 0. The van der Waals surface area contributed by atoms with Crippen LogP contribution in [0.5, 0.6) is 5.75 Å². The molecular weight excluding hydrogens is 231 g/mol. The Bertz CT molecular complexity index is 389. The van der Waals surface area contributed by atoms with Crippen LogP contribution >= 0.6 is 0 Å². The van der Waals surface area contributed by atoms with Gasteiger partial charge in [-0.3, -0.25) is 4.90 Å². The number of rotatable bonds is 4. The molecule has 0 radical (unpaired) electrons. The SMILES string of the molecule is COc1c(CN2CCNCC2)cccc1C(C)F. The molecule has 0 spiro atoms. The van der Waals surface area contributed by atoms with E-state index in [1.807, 2.05) is 12.1 Å². The maximum Gasteiger partial charge on any atom is 0.129 e. The van der Waals surface area contributed by atoms with Gasteiger partial charge in [0.15, 0.2) is 0 Å². The van der Waals surface area contributed by atoms with Gasteiger partial charge in [0.25, 0.3) is 0 Å². The molecule has 1 aromatic carbocycles. The lowest BCUT2D eigenvalue weighted by Crippen LogP contribution is -2.42. The van der Waals surface area contributed by atoms with E-state index in [1.54, 1.807) is 20.1 Å². The molecule has 0 saturated carbocycles. The van der Waals surface area contributed by atoms with Crippen LogP contribution in [0, 0.1) is 0 Å². The average molecular weight is 252 g/mol. The van der Waals surface area contributed by atoms with E-state index < -0.39 is 6.17 Å². The number of nitrogens with one attached hydrogen (secondary N) is 1. The average Bonchev–Trinajstić information content (AvgIpc) is 2.39. The Labute approximate surface area is 108 Å². The van der Waals surface area contributed by atoms with E-state index in [9.17, 15) is 4.39 Å². The van der Waals surface area contributed by atoms with E-state index in [4.69, 9.17) is 4.74 Å². The van der Waals surface area contributed by atoms with Crippen molar-refractivity contribution in [3.63, 3.8) is 0 Å². The van der Waals surface area contributed by atoms with Crippen molar-refractivity contribution in [3.05, 3.63) is 29.3 Å². The lowest BCUT2D eigenvalue weighted by atomic mass is 10.0. The lowest BCUT2D eigenvalue weighted by molar-refractivity contribution is 0.229. The van der Waals surface area contributed by atoms with Gasteiger partial charge < -0.3 is 10.1 Å². The summed E-state index contributed by atoms with van der Waals surface area (Å²) in [5.74, 6) is 0.700. The van der Waals surface area contributed by atoms with Crippen molar-refractivity contribution < 1.29 is 9.13 Å². The molecule has 3 nitrogen and oxygen atoms in total. The Morgan fingerprint density at radius 1 is 1.39 bits per heavy atom. The minimum Gasteiger partial charge on any atom is -0.496 e.